The number of carbonyl (C=O) groups excluding carboxylic acids is 1. The number of aliphatic hydroxyl groups is 1. The summed E-state index contributed by atoms with van der Waals surface area (Å²) in [6, 6.07) is 0. The molecular weight excluding hydrogens is 382 g/mol. The molecule has 0 saturated carbocycles. The van der Waals surface area contributed by atoms with Crippen LogP contribution >= 0.6 is 0 Å². The second-order valence-corrected chi connectivity index (χ2v) is 9.06. The minimum Gasteiger partial charge on any atom is -0.394 e. The number of rotatable bonds is 12. The first kappa shape index (κ1) is 23.4. The Balaban J connectivity index is 1.35. The number of hydrogen-bond acceptors (Lipinski definition) is 6. The van der Waals surface area contributed by atoms with Crippen molar-refractivity contribution in [2.75, 3.05) is 6.61 Å². The van der Waals surface area contributed by atoms with Gasteiger partial charge in [0, 0.05) is 25.8 Å². The van der Waals surface area contributed by atoms with Crippen LogP contribution in [0.5, 0.6) is 0 Å². The Morgan fingerprint density at radius 1 is 1.10 bits per heavy atom. The minimum absolute atomic E-state index is 0.0599. The number of nitrogens with zero attached hydrogens (tertiary/aromatic N) is 3. The van der Waals surface area contributed by atoms with Crippen LogP contribution in [0.15, 0.2) is 6.20 Å². The molecule has 2 aliphatic heterocycles. The molecule has 2 aliphatic rings. The lowest BCUT2D eigenvalue weighted by molar-refractivity contribution is -0.320. The summed E-state index contributed by atoms with van der Waals surface area (Å²) < 4.78 is 14.4. The van der Waals surface area contributed by atoms with Gasteiger partial charge in [-0.2, -0.15) is 0 Å². The van der Waals surface area contributed by atoms with E-state index in [4.69, 9.17) is 9.47 Å². The van der Waals surface area contributed by atoms with Gasteiger partial charge in [-0.3, -0.25) is 4.68 Å². The van der Waals surface area contributed by atoms with Crippen LogP contribution in [0, 0.1) is 0 Å². The van der Waals surface area contributed by atoms with Crippen LogP contribution in [0.4, 0.5) is 0 Å². The lowest BCUT2D eigenvalue weighted by Gasteiger charge is -2.45. The monoisotopic (exact) mass is 421 g/mol. The zero-order valence-corrected chi connectivity index (χ0v) is 18.6. The molecule has 0 radical (unpaired) electrons. The SMILES string of the molecule is CC(=O)CCCCCCCCCn1cc([C@@H]2CCC[C@]3(CCC[C@@H](CO)O3)O2)nn1. The first-order chi connectivity index (χ1) is 14.6. The van der Waals surface area contributed by atoms with Gasteiger partial charge in [0.25, 0.3) is 0 Å². The maximum atomic E-state index is 10.9. The van der Waals surface area contributed by atoms with Crippen molar-refractivity contribution < 1.29 is 19.4 Å². The summed E-state index contributed by atoms with van der Waals surface area (Å²) in [5.74, 6) is -0.250. The van der Waals surface area contributed by atoms with Crippen LogP contribution in [0.2, 0.25) is 0 Å². The molecule has 170 valence electrons. The number of carbonyl (C=O) groups is 1. The summed E-state index contributed by atoms with van der Waals surface area (Å²) in [5, 5.41) is 18.1. The fourth-order valence-electron chi connectivity index (χ4n) is 4.66. The zero-order chi connectivity index (χ0) is 21.2. The van der Waals surface area contributed by atoms with Gasteiger partial charge in [0.1, 0.15) is 17.6 Å². The Kier molecular flexibility index (Phi) is 9.27. The lowest BCUT2D eigenvalue weighted by atomic mass is 9.92. The summed E-state index contributed by atoms with van der Waals surface area (Å²) in [6.45, 7) is 2.62. The summed E-state index contributed by atoms with van der Waals surface area (Å²) in [4.78, 5) is 10.9. The van der Waals surface area contributed by atoms with Crippen molar-refractivity contribution >= 4 is 5.78 Å². The predicted octanol–water partition coefficient (Wildman–Crippen LogP) is 4.49. The summed E-state index contributed by atoms with van der Waals surface area (Å²) in [7, 11) is 0. The standard InChI is InChI=1S/C23H39N3O4/c1-19(28)11-7-5-3-2-4-6-8-16-26-17-21(24-25-26)22-13-10-15-23(30-22)14-9-12-20(18-27)29-23/h17,20,22,27H,2-16,18H2,1H3/t20-,22-,23-/m0/s1. The molecule has 2 saturated heterocycles. The Hall–Kier alpha value is -1.31. The van der Waals surface area contributed by atoms with Gasteiger partial charge in [-0.05, 0) is 45.4 Å². The number of hydrogen-bond donors (Lipinski definition) is 1. The Morgan fingerprint density at radius 3 is 2.53 bits per heavy atom. The maximum Gasteiger partial charge on any atom is 0.169 e. The molecule has 0 aliphatic carbocycles. The molecule has 1 N–H and O–H groups in total. The van der Waals surface area contributed by atoms with Gasteiger partial charge in [-0.1, -0.05) is 37.3 Å². The third kappa shape index (κ3) is 7.13. The molecule has 7 heteroatoms. The average Bonchev–Trinajstić information content (AvgIpc) is 3.21. The van der Waals surface area contributed by atoms with Crippen LogP contribution in [0.1, 0.15) is 109 Å². The van der Waals surface area contributed by atoms with E-state index in [2.05, 4.69) is 10.3 Å². The Morgan fingerprint density at radius 2 is 1.80 bits per heavy atom. The first-order valence-electron chi connectivity index (χ1n) is 12.0. The second-order valence-electron chi connectivity index (χ2n) is 9.06. The highest BCUT2D eigenvalue weighted by Crippen LogP contribution is 2.43. The van der Waals surface area contributed by atoms with Crippen molar-refractivity contribution in [1.82, 2.24) is 15.0 Å². The third-order valence-corrected chi connectivity index (χ3v) is 6.35. The number of Topliss-reactive ketones (excluding diaryl/α,β-unsaturated/α-hetero) is 1. The summed E-state index contributed by atoms with van der Waals surface area (Å²) >= 11 is 0. The van der Waals surface area contributed by atoms with Gasteiger partial charge >= 0.3 is 0 Å². The topological polar surface area (TPSA) is 86.5 Å². The quantitative estimate of drug-likeness (QED) is 0.501. The predicted molar refractivity (Wildman–Crippen MR) is 114 cm³/mol. The molecule has 0 unspecified atom stereocenters. The highest BCUT2D eigenvalue weighted by Gasteiger charge is 2.43. The van der Waals surface area contributed by atoms with Crippen molar-refractivity contribution in [3.8, 4) is 0 Å². The molecule has 1 aromatic rings. The molecule has 7 nitrogen and oxygen atoms in total. The largest absolute Gasteiger partial charge is 0.394 e. The minimum atomic E-state index is -0.553. The van der Waals surface area contributed by atoms with Crippen molar-refractivity contribution in [2.24, 2.45) is 0 Å². The van der Waals surface area contributed by atoms with E-state index in [0.717, 1.165) is 76.4 Å². The maximum absolute atomic E-state index is 10.9. The van der Waals surface area contributed by atoms with E-state index in [-0.39, 0.29) is 18.8 Å². The van der Waals surface area contributed by atoms with E-state index >= 15 is 0 Å². The fraction of sp³-hybridized carbons (Fsp3) is 0.870. The smallest absolute Gasteiger partial charge is 0.169 e. The molecule has 0 aromatic carbocycles. The highest BCUT2D eigenvalue weighted by atomic mass is 16.7. The Bertz CT molecular complexity index is 646. The van der Waals surface area contributed by atoms with Gasteiger partial charge < -0.3 is 19.4 Å². The highest BCUT2D eigenvalue weighted by molar-refractivity contribution is 5.75. The number of ether oxygens (including phenoxy) is 2. The number of aliphatic hydroxyl groups excluding tert-OH is 1. The molecule has 3 atom stereocenters. The molecule has 0 amide bonds. The third-order valence-electron chi connectivity index (χ3n) is 6.35. The molecule has 0 bridgehead atoms. The number of aryl methyl sites for hydroxylation is 1. The van der Waals surface area contributed by atoms with Gasteiger partial charge in [-0.25, -0.2) is 0 Å². The number of ketones is 1. The van der Waals surface area contributed by atoms with Crippen molar-refractivity contribution in [2.45, 2.75) is 121 Å². The zero-order valence-electron chi connectivity index (χ0n) is 18.6. The first-order valence-corrected chi connectivity index (χ1v) is 12.0. The van der Waals surface area contributed by atoms with Crippen LogP contribution in [-0.4, -0.2) is 44.4 Å². The number of aromatic nitrogens is 3. The molecule has 2 fully saturated rings. The fourth-order valence-corrected chi connectivity index (χ4v) is 4.66. The molecule has 1 spiro atoms. The van der Waals surface area contributed by atoms with Gasteiger partial charge in [0.2, 0.25) is 0 Å². The lowest BCUT2D eigenvalue weighted by Crippen LogP contribution is -2.47. The van der Waals surface area contributed by atoms with Gasteiger partial charge in [-0.15, -0.1) is 5.10 Å². The molecule has 30 heavy (non-hydrogen) atoms. The van der Waals surface area contributed by atoms with E-state index in [1.807, 2.05) is 10.9 Å². The molecular formula is C23H39N3O4. The van der Waals surface area contributed by atoms with Crippen molar-refractivity contribution in [3.05, 3.63) is 11.9 Å². The van der Waals surface area contributed by atoms with Crippen LogP contribution in [0.3, 0.4) is 0 Å². The van der Waals surface area contributed by atoms with E-state index in [1.165, 1.54) is 25.7 Å². The van der Waals surface area contributed by atoms with Crippen LogP contribution in [0.25, 0.3) is 0 Å². The van der Waals surface area contributed by atoms with Crippen LogP contribution in [-0.2, 0) is 20.8 Å². The second kappa shape index (κ2) is 11.9. The normalized spacial score (nSPS) is 26.9. The van der Waals surface area contributed by atoms with E-state index in [9.17, 15) is 9.90 Å². The van der Waals surface area contributed by atoms with E-state index in [1.54, 1.807) is 6.92 Å². The molecule has 3 rings (SSSR count). The molecule has 3 heterocycles. The van der Waals surface area contributed by atoms with Crippen molar-refractivity contribution in [1.29, 1.82) is 0 Å². The Labute approximate surface area is 180 Å². The van der Waals surface area contributed by atoms with Gasteiger partial charge in [0.15, 0.2) is 5.79 Å². The van der Waals surface area contributed by atoms with E-state index < -0.39 is 5.79 Å². The molecule has 1 aromatic heterocycles. The van der Waals surface area contributed by atoms with Crippen LogP contribution < -0.4 is 0 Å². The van der Waals surface area contributed by atoms with Gasteiger partial charge in [0.05, 0.1) is 18.9 Å². The summed E-state index contributed by atoms with van der Waals surface area (Å²) in [6.07, 6.45) is 16.5. The van der Waals surface area contributed by atoms with Crippen molar-refractivity contribution in [3.63, 3.8) is 0 Å². The van der Waals surface area contributed by atoms with E-state index in [0.29, 0.717) is 5.78 Å². The summed E-state index contributed by atoms with van der Waals surface area (Å²) in [5.41, 5.74) is 0.897. The average molecular weight is 422 g/mol. The number of unbranched alkanes of at least 4 members (excludes halogenated alkanes) is 6.